The number of amides is 2. The van der Waals surface area contributed by atoms with Gasteiger partial charge in [-0.1, -0.05) is 6.07 Å². The van der Waals surface area contributed by atoms with Crippen molar-refractivity contribution < 1.29 is 18.7 Å². The first-order valence-electron chi connectivity index (χ1n) is 13.0. The number of nitrogens with one attached hydrogen (secondary N) is 2. The number of ether oxygens (including phenoxy) is 1. The summed E-state index contributed by atoms with van der Waals surface area (Å²) in [5.74, 6) is -0.756. The van der Waals surface area contributed by atoms with E-state index in [0.717, 1.165) is 63.6 Å². The highest BCUT2D eigenvalue weighted by molar-refractivity contribution is 6.13. The van der Waals surface area contributed by atoms with E-state index in [1.165, 1.54) is 12.1 Å². The summed E-state index contributed by atoms with van der Waals surface area (Å²) >= 11 is 0. The van der Waals surface area contributed by atoms with Crippen molar-refractivity contribution in [3.8, 4) is 5.75 Å². The molecule has 0 saturated carbocycles. The summed E-state index contributed by atoms with van der Waals surface area (Å²) in [4.78, 5) is 35.1. The molecule has 0 aliphatic carbocycles. The van der Waals surface area contributed by atoms with Gasteiger partial charge < -0.3 is 25.2 Å². The minimum Gasteiger partial charge on any atom is -0.489 e. The van der Waals surface area contributed by atoms with Crippen molar-refractivity contribution in [2.24, 2.45) is 0 Å². The molecule has 198 valence electrons. The van der Waals surface area contributed by atoms with Gasteiger partial charge in [-0.3, -0.25) is 9.59 Å². The average Bonchev–Trinajstić information content (AvgIpc) is 3.47. The summed E-state index contributed by atoms with van der Waals surface area (Å²) in [5, 5.41) is 5.45. The predicted octanol–water partition coefficient (Wildman–Crippen LogP) is 4.80. The monoisotopic (exact) mass is 517 g/mol. The second kappa shape index (κ2) is 11.6. The van der Waals surface area contributed by atoms with E-state index in [2.05, 4.69) is 32.5 Å². The fraction of sp³-hybridized carbons (Fsp3) is 0.345. The van der Waals surface area contributed by atoms with E-state index in [0.29, 0.717) is 17.1 Å². The molecular formula is C29H32FN5O3. The molecule has 0 atom stereocenters. The molecule has 0 spiro atoms. The number of halogens is 1. The molecular weight excluding hydrogens is 485 g/mol. The highest BCUT2D eigenvalue weighted by Crippen LogP contribution is 2.31. The molecule has 2 amide bonds. The van der Waals surface area contributed by atoms with Crippen LogP contribution in [0.2, 0.25) is 0 Å². The lowest BCUT2D eigenvalue weighted by molar-refractivity contribution is 0.0989. The molecule has 1 aromatic heterocycles. The number of anilines is 3. The smallest absolute Gasteiger partial charge is 0.259 e. The van der Waals surface area contributed by atoms with Crippen LogP contribution in [-0.2, 0) is 0 Å². The summed E-state index contributed by atoms with van der Waals surface area (Å²) in [6.07, 6.45) is 5.59. The number of rotatable bonds is 7. The van der Waals surface area contributed by atoms with Gasteiger partial charge in [-0.15, -0.1) is 0 Å². The Bertz CT molecular complexity index is 1290. The lowest BCUT2D eigenvalue weighted by Gasteiger charge is -2.30. The van der Waals surface area contributed by atoms with Gasteiger partial charge in [0, 0.05) is 44.1 Å². The Kier molecular flexibility index (Phi) is 7.83. The highest BCUT2D eigenvalue weighted by Gasteiger charge is 2.24. The summed E-state index contributed by atoms with van der Waals surface area (Å²) < 4.78 is 20.5. The van der Waals surface area contributed by atoms with Crippen molar-refractivity contribution in [3.63, 3.8) is 0 Å². The number of likely N-dealkylation sites (tertiary alicyclic amines) is 1. The number of nitrogens with zero attached hydrogens (tertiary/aromatic N) is 3. The van der Waals surface area contributed by atoms with Crippen molar-refractivity contribution in [3.05, 3.63) is 77.7 Å². The van der Waals surface area contributed by atoms with Gasteiger partial charge in [0.05, 0.1) is 16.8 Å². The van der Waals surface area contributed by atoms with E-state index >= 15 is 0 Å². The maximum atomic E-state index is 14.1. The zero-order valence-corrected chi connectivity index (χ0v) is 21.5. The molecule has 2 aromatic carbocycles. The summed E-state index contributed by atoms with van der Waals surface area (Å²) in [6, 6.07) is 14.4. The minimum absolute atomic E-state index is 0.00419. The Labute approximate surface area is 221 Å². The van der Waals surface area contributed by atoms with Gasteiger partial charge in [-0.25, -0.2) is 9.37 Å². The average molecular weight is 518 g/mol. The SMILES string of the molecule is CN1CCC(Oc2cc(N3CCCC3)ccc2C(=O)Nc2ccc(F)cc2C(=O)Nc2ccccn2)CC1. The van der Waals surface area contributed by atoms with E-state index in [1.807, 2.05) is 12.1 Å². The van der Waals surface area contributed by atoms with Crippen LogP contribution in [0.5, 0.6) is 5.75 Å². The van der Waals surface area contributed by atoms with Gasteiger partial charge in [0.1, 0.15) is 23.5 Å². The van der Waals surface area contributed by atoms with Crippen LogP contribution >= 0.6 is 0 Å². The van der Waals surface area contributed by atoms with Gasteiger partial charge in [0.25, 0.3) is 11.8 Å². The summed E-state index contributed by atoms with van der Waals surface area (Å²) in [6.45, 7) is 3.82. The molecule has 3 aromatic rings. The molecule has 2 saturated heterocycles. The minimum atomic E-state index is -0.588. The van der Waals surface area contributed by atoms with Crippen LogP contribution in [0.3, 0.4) is 0 Å². The quantitative estimate of drug-likeness (QED) is 0.468. The molecule has 38 heavy (non-hydrogen) atoms. The molecule has 5 rings (SSSR count). The molecule has 0 unspecified atom stereocenters. The largest absolute Gasteiger partial charge is 0.489 e. The van der Waals surface area contributed by atoms with E-state index in [-0.39, 0.29) is 17.4 Å². The van der Waals surface area contributed by atoms with Crippen LogP contribution < -0.4 is 20.3 Å². The Hall–Kier alpha value is -3.98. The van der Waals surface area contributed by atoms with Crippen LogP contribution in [0, 0.1) is 5.82 Å². The third-order valence-electron chi connectivity index (χ3n) is 7.02. The third-order valence-corrected chi connectivity index (χ3v) is 7.02. The first-order chi connectivity index (χ1) is 18.5. The van der Waals surface area contributed by atoms with E-state index in [9.17, 15) is 14.0 Å². The lowest BCUT2D eigenvalue weighted by atomic mass is 10.1. The zero-order valence-electron chi connectivity index (χ0n) is 21.5. The van der Waals surface area contributed by atoms with Gasteiger partial charge in [0.2, 0.25) is 0 Å². The molecule has 2 N–H and O–H groups in total. The second-order valence-corrected chi connectivity index (χ2v) is 9.81. The number of hydrogen-bond acceptors (Lipinski definition) is 6. The Morgan fingerprint density at radius 2 is 1.68 bits per heavy atom. The number of carbonyl (C=O) groups excluding carboxylic acids is 2. The maximum Gasteiger partial charge on any atom is 0.259 e. The predicted molar refractivity (Wildman–Crippen MR) is 146 cm³/mol. The summed E-state index contributed by atoms with van der Waals surface area (Å²) in [5.41, 5.74) is 1.58. The number of pyridine rings is 1. The van der Waals surface area contributed by atoms with Gasteiger partial charge in [-0.05, 0) is 75.2 Å². The summed E-state index contributed by atoms with van der Waals surface area (Å²) in [7, 11) is 2.09. The van der Waals surface area contributed by atoms with Gasteiger partial charge >= 0.3 is 0 Å². The molecule has 0 bridgehead atoms. The molecule has 2 aliphatic heterocycles. The number of benzene rings is 2. The van der Waals surface area contributed by atoms with Crippen LogP contribution in [0.15, 0.2) is 60.8 Å². The fourth-order valence-electron chi connectivity index (χ4n) is 4.87. The number of piperidine rings is 1. The maximum absolute atomic E-state index is 14.1. The third kappa shape index (κ3) is 6.11. The highest BCUT2D eigenvalue weighted by atomic mass is 19.1. The Morgan fingerprint density at radius 1 is 0.921 bits per heavy atom. The van der Waals surface area contributed by atoms with E-state index in [4.69, 9.17) is 4.74 Å². The molecule has 2 fully saturated rings. The Balaban J connectivity index is 1.40. The van der Waals surface area contributed by atoms with Crippen molar-refractivity contribution in [2.45, 2.75) is 31.8 Å². The van der Waals surface area contributed by atoms with Crippen molar-refractivity contribution >= 4 is 29.0 Å². The number of carbonyl (C=O) groups is 2. The van der Waals surface area contributed by atoms with E-state index in [1.54, 1.807) is 30.5 Å². The standard InChI is InChI=1S/C29H32FN5O3/c1-34-16-11-22(12-17-34)38-26-19-21(35-14-4-5-15-35)8-9-23(26)28(36)32-25-10-7-20(30)18-24(25)29(37)33-27-6-2-3-13-31-27/h2-3,6-10,13,18-19,22H,4-5,11-12,14-17H2,1H3,(H,32,36)(H,31,33,37). The first-order valence-corrected chi connectivity index (χ1v) is 13.0. The lowest BCUT2D eigenvalue weighted by Crippen LogP contribution is -2.36. The first kappa shape index (κ1) is 25.7. The van der Waals surface area contributed by atoms with Crippen molar-refractivity contribution in [1.29, 1.82) is 0 Å². The fourth-order valence-corrected chi connectivity index (χ4v) is 4.87. The van der Waals surface area contributed by atoms with Crippen molar-refractivity contribution in [1.82, 2.24) is 9.88 Å². The van der Waals surface area contributed by atoms with Crippen LogP contribution in [0.4, 0.5) is 21.6 Å². The molecule has 0 radical (unpaired) electrons. The van der Waals surface area contributed by atoms with Crippen LogP contribution in [0.1, 0.15) is 46.4 Å². The molecule has 8 nitrogen and oxygen atoms in total. The zero-order chi connectivity index (χ0) is 26.5. The molecule has 9 heteroatoms. The Morgan fingerprint density at radius 3 is 2.42 bits per heavy atom. The number of aromatic nitrogens is 1. The number of hydrogen-bond donors (Lipinski definition) is 2. The van der Waals surface area contributed by atoms with Crippen molar-refractivity contribution in [2.75, 3.05) is 48.8 Å². The van der Waals surface area contributed by atoms with Gasteiger partial charge in [0.15, 0.2) is 0 Å². The molecule has 2 aliphatic rings. The van der Waals surface area contributed by atoms with Gasteiger partial charge in [-0.2, -0.15) is 0 Å². The van der Waals surface area contributed by atoms with E-state index < -0.39 is 17.6 Å². The second-order valence-electron chi connectivity index (χ2n) is 9.81. The molecule has 3 heterocycles. The van der Waals surface area contributed by atoms with Crippen LogP contribution in [0.25, 0.3) is 0 Å². The topological polar surface area (TPSA) is 86.8 Å². The normalized spacial score (nSPS) is 16.3. The van der Waals surface area contributed by atoms with Crippen LogP contribution in [-0.4, -0.2) is 61.0 Å².